The Morgan fingerprint density at radius 1 is 0.451 bits per heavy atom. The molecule has 6 unspecified atom stereocenters. The Hall–Kier alpha value is -2.54. The van der Waals surface area contributed by atoms with Crippen LogP contribution in [0.1, 0.15) is 290 Å². The molecule has 0 aromatic heterocycles. The largest absolute Gasteiger partial charge is 0.479 e. The van der Waals surface area contributed by atoms with E-state index >= 15 is 0 Å². The number of unbranched alkanes of at least 4 members (excludes halogenated alkanes) is 35. The van der Waals surface area contributed by atoms with Gasteiger partial charge in [0.25, 0.3) is 0 Å². The minimum absolute atomic E-state index is 0.0566. The average Bonchev–Trinajstić information content (AvgIpc) is 3.35. The van der Waals surface area contributed by atoms with E-state index in [9.17, 15) is 34.5 Å². The van der Waals surface area contributed by atoms with Crippen LogP contribution in [0.3, 0.4) is 0 Å². The summed E-state index contributed by atoms with van der Waals surface area (Å²) >= 11 is 0. The molecule has 0 spiro atoms. The number of ether oxygens (including phenoxy) is 5. The molecule has 6 atom stereocenters. The van der Waals surface area contributed by atoms with E-state index in [0.717, 1.165) is 77.0 Å². The van der Waals surface area contributed by atoms with Crippen molar-refractivity contribution in [1.29, 1.82) is 0 Å². The number of carbonyl (C=O) groups excluding carboxylic acids is 3. The monoisotopic (exact) mass is 1010 g/mol. The summed E-state index contributed by atoms with van der Waals surface area (Å²) < 4.78 is 28.4. The molecule has 3 N–H and O–H groups in total. The summed E-state index contributed by atoms with van der Waals surface area (Å²) in [5.74, 6) is -3.10. The van der Waals surface area contributed by atoms with E-state index in [1.807, 2.05) is 0 Å². The van der Waals surface area contributed by atoms with Gasteiger partial charge in [0.1, 0.15) is 18.8 Å². The summed E-state index contributed by atoms with van der Waals surface area (Å²) in [5.41, 5.74) is 0. The van der Waals surface area contributed by atoms with E-state index in [1.54, 1.807) is 0 Å². The number of hydrogen-bond acceptors (Lipinski definition) is 11. The molecule has 12 heteroatoms. The van der Waals surface area contributed by atoms with Crippen molar-refractivity contribution in [2.45, 2.75) is 327 Å². The van der Waals surface area contributed by atoms with Gasteiger partial charge >= 0.3 is 23.9 Å². The number of hydrogen-bond donors (Lipinski definition) is 3. The van der Waals surface area contributed by atoms with Crippen molar-refractivity contribution >= 4 is 23.9 Å². The van der Waals surface area contributed by atoms with Gasteiger partial charge in [-0.25, -0.2) is 4.79 Å². The maximum absolute atomic E-state index is 13.1. The molecule has 0 aliphatic carbocycles. The van der Waals surface area contributed by atoms with Crippen LogP contribution in [0.4, 0.5) is 0 Å². The Morgan fingerprint density at radius 3 is 1.20 bits per heavy atom. The molecule has 416 valence electrons. The number of aliphatic carboxylic acids is 1. The molecule has 0 aromatic carbocycles. The van der Waals surface area contributed by atoms with Crippen LogP contribution in [-0.2, 0) is 42.9 Å². The van der Waals surface area contributed by atoms with Crippen molar-refractivity contribution in [3.05, 3.63) is 12.2 Å². The number of carboxylic acid groups (broad SMARTS) is 1. The van der Waals surface area contributed by atoms with Gasteiger partial charge in [0.05, 0.1) is 6.61 Å². The van der Waals surface area contributed by atoms with Gasteiger partial charge in [-0.1, -0.05) is 238 Å². The van der Waals surface area contributed by atoms with Crippen LogP contribution in [0.15, 0.2) is 12.2 Å². The van der Waals surface area contributed by atoms with E-state index < -0.39 is 67.3 Å². The van der Waals surface area contributed by atoms with Gasteiger partial charge in [-0.05, 0) is 44.9 Å². The molecule has 1 rings (SSSR count). The number of aliphatic hydroxyl groups is 2. The molecule has 0 amide bonds. The minimum Gasteiger partial charge on any atom is -0.479 e. The highest BCUT2D eigenvalue weighted by atomic mass is 16.7. The van der Waals surface area contributed by atoms with Crippen LogP contribution in [0.25, 0.3) is 0 Å². The summed E-state index contributed by atoms with van der Waals surface area (Å²) in [5, 5.41) is 31.4. The van der Waals surface area contributed by atoms with Crippen LogP contribution < -0.4 is 0 Å². The van der Waals surface area contributed by atoms with Crippen molar-refractivity contribution in [3.63, 3.8) is 0 Å². The third-order valence-corrected chi connectivity index (χ3v) is 13.8. The zero-order valence-corrected chi connectivity index (χ0v) is 45.7. The molecule has 0 saturated carbocycles. The van der Waals surface area contributed by atoms with Gasteiger partial charge in [0, 0.05) is 19.3 Å². The number of aliphatic hydroxyl groups excluding tert-OH is 2. The molecule has 1 aliphatic rings. The van der Waals surface area contributed by atoms with Crippen molar-refractivity contribution in [2.75, 3.05) is 13.2 Å². The maximum atomic E-state index is 13.1. The molecule has 0 bridgehead atoms. The fraction of sp³-hybridized carbons (Fsp3) is 0.898. The smallest absolute Gasteiger partial charge is 0.335 e. The number of rotatable bonds is 51. The Morgan fingerprint density at radius 2 is 0.803 bits per heavy atom. The van der Waals surface area contributed by atoms with Gasteiger partial charge in [0.15, 0.2) is 24.6 Å². The lowest BCUT2D eigenvalue weighted by Gasteiger charge is -2.40. The first-order valence-corrected chi connectivity index (χ1v) is 29.7. The quantitative estimate of drug-likeness (QED) is 0.0228. The van der Waals surface area contributed by atoms with Crippen LogP contribution in [0.2, 0.25) is 0 Å². The van der Waals surface area contributed by atoms with Crippen molar-refractivity contribution in [3.8, 4) is 0 Å². The predicted octanol–water partition coefficient (Wildman–Crippen LogP) is 14.9. The predicted molar refractivity (Wildman–Crippen MR) is 285 cm³/mol. The standard InChI is InChI=1S/C59H108O12/c1-4-7-10-13-16-19-21-23-25-26-28-29-31-34-36-39-42-45-51(60)67-48-50(69-52(61)46-43-40-37-33-18-15-12-9-6-3)49-68-59-57(55(64)54(63)56(71-59)58(65)66)70-53(62)47-44-41-38-35-32-30-27-24-22-20-17-14-11-8-5-2/h24,27,50,54-57,59,63-64H,4-23,25-26,28-49H2,1-3H3,(H,65,66)/b27-24-. The molecule has 12 nitrogen and oxygen atoms in total. The molecular weight excluding hydrogens is 901 g/mol. The summed E-state index contributed by atoms with van der Waals surface area (Å²) in [6.45, 7) is 5.99. The fourth-order valence-corrected chi connectivity index (χ4v) is 9.25. The molecule has 71 heavy (non-hydrogen) atoms. The number of carbonyl (C=O) groups is 4. The lowest BCUT2D eigenvalue weighted by molar-refractivity contribution is -0.301. The molecular formula is C59H108O12. The zero-order chi connectivity index (χ0) is 51.8. The summed E-state index contributed by atoms with van der Waals surface area (Å²) in [7, 11) is 0. The summed E-state index contributed by atoms with van der Waals surface area (Å²) in [4.78, 5) is 51.0. The van der Waals surface area contributed by atoms with Crippen LogP contribution >= 0.6 is 0 Å². The number of allylic oxidation sites excluding steroid dienone is 2. The molecule has 1 saturated heterocycles. The molecule has 0 radical (unpaired) electrons. The van der Waals surface area contributed by atoms with Crippen molar-refractivity contribution in [1.82, 2.24) is 0 Å². The van der Waals surface area contributed by atoms with E-state index in [0.29, 0.717) is 19.3 Å². The van der Waals surface area contributed by atoms with E-state index in [4.69, 9.17) is 23.7 Å². The minimum atomic E-state index is -1.90. The molecule has 1 fully saturated rings. The fourth-order valence-electron chi connectivity index (χ4n) is 9.25. The number of esters is 3. The van der Waals surface area contributed by atoms with Crippen molar-refractivity contribution < 1.29 is 58.2 Å². The van der Waals surface area contributed by atoms with Gasteiger partial charge in [-0.3, -0.25) is 14.4 Å². The Kier molecular flexibility index (Phi) is 45.3. The second-order valence-corrected chi connectivity index (χ2v) is 20.6. The van der Waals surface area contributed by atoms with Gasteiger partial charge < -0.3 is 39.0 Å². The Balaban J connectivity index is 2.63. The highest BCUT2D eigenvalue weighted by molar-refractivity contribution is 5.74. The third-order valence-electron chi connectivity index (χ3n) is 13.8. The van der Waals surface area contributed by atoms with Crippen LogP contribution in [0.5, 0.6) is 0 Å². The Bertz CT molecular complexity index is 1290. The molecule has 1 heterocycles. The van der Waals surface area contributed by atoms with Crippen LogP contribution in [0, 0.1) is 0 Å². The van der Waals surface area contributed by atoms with Gasteiger partial charge in [0.2, 0.25) is 0 Å². The third kappa shape index (κ3) is 38.7. The average molecular weight is 1010 g/mol. The van der Waals surface area contributed by atoms with Gasteiger partial charge in [-0.2, -0.15) is 0 Å². The highest BCUT2D eigenvalue weighted by Crippen LogP contribution is 2.27. The lowest BCUT2D eigenvalue weighted by atomic mass is 9.98. The summed E-state index contributed by atoms with van der Waals surface area (Å²) in [6.07, 6.45) is 40.5. The SMILES string of the molecule is CCCCCCCC/C=C\CCCCCCCC(=O)OC1C(OCC(COC(=O)CCCCCCCCCCCCCCCCCCC)OC(=O)CCCCCCCCCCC)OC(C(=O)O)C(O)C1O. The Labute approximate surface area is 433 Å². The normalized spacial score (nSPS) is 18.5. The summed E-state index contributed by atoms with van der Waals surface area (Å²) in [6, 6.07) is 0. The van der Waals surface area contributed by atoms with E-state index in [1.165, 1.54) is 154 Å². The lowest BCUT2D eigenvalue weighted by Crippen LogP contribution is -2.61. The van der Waals surface area contributed by atoms with Crippen molar-refractivity contribution in [2.24, 2.45) is 0 Å². The maximum Gasteiger partial charge on any atom is 0.335 e. The highest BCUT2D eigenvalue weighted by Gasteiger charge is 2.50. The first kappa shape index (κ1) is 66.5. The first-order valence-electron chi connectivity index (χ1n) is 29.7. The van der Waals surface area contributed by atoms with Crippen LogP contribution in [-0.4, -0.2) is 89.2 Å². The molecule has 0 aromatic rings. The second-order valence-electron chi connectivity index (χ2n) is 20.6. The first-order chi connectivity index (χ1) is 34.6. The second kappa shape index (κ2) is 48.4. The van der Waals surface area contributed by atoms with Gasteiger partial charge in [-0.15, -0.1) is 0 Å². The number of carboxylic acids is 1. The molecule has 1 aliphatic heterocycles. The van der Waals surface area contributed by atoms with E-state index in [2.05, 4.69) is 32.9 Å². The topological polar surface area (TPSA) is 175 Å². The van der Waals surface area contributed by atoms with E-state index in [-0.39, 0.29) is 25.9 Å². The zero-order valence-electron chi connectivity index (χ0n) is 45.7.